The lowest BCUT2D eigenvalue weighted by molar-refractivity contribution is 0.623. The monoisotopic (exact) mass is 221 g/mol. The van der Waals surface area contributed by atoms with Crippen molar-refractivity contribution in [3.63, 3.8) is 0 Å². The van der Waals surface area contributed by atoms with E-state index in [1.165, 1.54) is 12.3 Å². The van der Waals surface area contributed by atoms with E-state index in [0.29, 0.717) is 5.52 Å². The van der Waals surface area contributed by atoms with Crippen molar-refractivity contribution in [1.29, 1.82) is 0 Å². The summed E-state index contributed by atoms with van der Waals surface area (Å²) >= 11 is 0. The van der Waals surface area contributed by atoms with Gasteiger partial charge in [-0.3, -0.25) is 0 Å². The lowest BCUT2D eigenvalue weighted by Gasteiger charge is -2.03. The van der Waals surface area contributed by atoms with E-state index in [9.17, 15) is 4.39 Å². The Bertz CT molecular complexity index is 490. The van der Waals surface area contributed by atoms with Gasteiger partial charge in [0.1, 0.15) is 17.2 Å². The Balaban J connectivity index is 2.48. The van der Waals surface area contributed by atoms with Gasteiger partial charge in [-0.1, -0.05) is 13.3 Å². The van der Waals surface area contributed by atoms with Crippen molar-refractivity contribution in [3.05, 3.63) is 23.9 Å². The van der Waals surface area contributed by atoms with Gasteiger partial charge in [-0.15, -0.1) is 0 Å². The van der Waals surface area contributed by atoms with Crippen molar-refractivity contribution >= 4 is 11.2 Å². The van der Waals surface area contributed by atoms with Gasteiger partial charge in [0.25, 0.3) is 0 Å². The molecule has 0 N–H and O–H groups in total. The first-order chi connectivity index (χ1) is 7.76. The quantitative estimate of drug-likeness (QED) is 0.794. The lowest BCUT2D eigenvalue weighted by atomic mass is 10.2. The predicted molar refractivity (Wildman–Crippen MR) is 61.8 cm³/mol. The summed E-state index contributed by atoms with van der Waals surface area (Å²) in [6.45, 7) is 5.03. The fourth-order valence-corrected chi connectivity index (χ4v) is 1.89. The number of aromatic nitrogens is 3. The summed E-state index contributed by atoms with van der Waals surface area (Å²) in [4.78, 5) is 8.55. The first-order valence-electron chi connectivity index (χ1n) is 5.77. The molecular weight excluding hydrogens is 205 g/mol. The van der Waals surface area contributed by atoms with Crippen molar-refractivity contribution in [2.45, 2.75) is 39.7 Å². The van der Waals surface area contributed by atoms with Gasteiger partial charge in [0.15, 0.2) is 5.65 Å². The second-order valence-corrected chi connectivity index (χ2v) is 3.87. The van der Waals surface area contributed by atoms with Crippen LogP contribution in [0, 0.1) is 5.82 Å². The van der Waals surface area contributed by atoms with Crippen molar-refractivity contribution in [2.75, 3.05) is 0 Å². The Morgan fingerprint density at radius 3 is 2.88 bits per heavy atom. The summed E-state index contributed by atoms with van der Waals surface area (Å²) in [5.41, 5.74) is 1.45. The third kappa shape index (κ3) is 1.92. The topological polar surface area (TPSA) is 30.7 Å². The number of halogens is 1. The minimum atomic E-state index is -0.324. The zero-order valence-electron chi connectivity index (χ0n) is 9.70. The highest BCUT2D eigenvalue weighted by Gasteiger charge is 2.10. The van der Waals surface area contributed by atoms with Crippen molar-refractivity contribution in [2.24, 2.45) is 0 Å². The van der Waals surface area contributed by atoms with Crippen LogP contribution in [0.25, 0.3) is 11.2 Å². The number of fused-ring (bicyclic) bond motifs is 1. The predicted octanol–water partition coefficient (Wildman–Crippen LogP) is 2.93. The van der Waals surface area contributed by atoms with Gasteiger partial charge in [-0.25, -0.2) is 14.4 Å². The first-order valence-corrected chi connectivity index (χ1v) is 5.77. The normalized spacial score (nSPS) is 11.2. The molecule has 0 fully saturated rings. The molecule has 0 atom stereocenters. The fraction of sp³-hybridized carbons (Fsp3) is 0.500. The minimum Gasteiger partial charge on any atom is -0.313 e. The van der Waals surface area contributed by atoms with E-state index < -0.39 is 0 Å². The molecule has 3 nitrogen and oxygen atoms in total. The number of pyridine rings is 1. The summed E-state index contributed by atoms with van der Waals surface area (Å²) in [6.07, 6.45) is 4.42. The molecule has 0 aliphatic rings. The standard InChI is InChI=1S/C12H16FN3/c1-3-5-6-11-15-10-7-9(13)8-14-12(10)16(11)4-2/h7-8H,3-6H2,1-2H3. The second-order valence-electron chi connectivity index (χ2n) is 3.87. The maximum Gasteiger partial charge on any atom is 0.160 e. The van der Waals surface area contributed by atoms with Crippen LogP contribution in [-0.2, 0) is 13.0 Å². The third-order valence-electron chi connectivity index (χ3n) is 2.70. The molecular formula is C12H16FN3. The molecule has 2 aromatic heterocycles. The van der Waals surface area contributed by atoms with E-state index in [1.54, 1.807) is 0 Å². The molecule has 86 valence electrons. The number of unbranched alkanes of at least 4 members (excludes halogenated alkanes) is 1. The Hall–Kier alpha value is -1.45. The van der Waals surface area contributed by atoms with Crippen LogP contribution in [0.1, 0.15) is 32.5 Å². The number of aryl methyl sites for hydroxylation is 2. The SMILES string of the molecule is CCCCc1nc2cc(F)cnc2n1CC. The molecule has 0 bridgehead atoms. The first kappa shape index (κ1) is 11.0. The number of rotatable bonds is 4. The van der Waals surface area contributed by atoms with Gasteiger partial charge < -0.3 is 4.57 Å². The van der Waals surface area contributed by atoms with Crippen LogP contribution in [-0.4, -0.2) is 14.5 Å². The maximum atomic E-state index is 13.0. The van der Waals surface area contributed by atoms with E-state index in [0.717, 1.165) is 37.3 Å². The van der Waals surface area contributed by atoms with Gasteiger partial charge in [0, 0.05) is 19.0 Å². The summed E-state index contributed by atoms with van der Waals surface area (Å²) < 4.78 is 15.1. The number of nitrogens with zero attached hydrogens (tertiary/aromatic N) is 3. The fourth-order valence-electron chi connectivity index (χ4n) is 1.89. The zero-order valence-corrected chi connectivity index (χ0v) is 9.70. The molecule has 0 saturated heterocycles. The molecule has 16 heavy (non-hydrogen) atoms. The van der Waals surface area contributed by atoms with Crippen LogP contribution in [0.3, 0.4) is 0 Å². The van der Waals surface area contributed by atoms with Crippen LogP contribution >= 0.6 is 0 Å². The van der Waals surface area contributed by atoms with E-state index in [4.69, 9.17) is 0 Å². The Labute approximate surface area is 94.3 Å². The van der Waals surface area contributed by atoms with E-state index in [-0.39, 0.29) is 5.82 Å². The van der Waals surface area contributed by atoms with Gasteiger partial charge in [0.05, 0.1) is 6.20 Å². The molecule has 0 aromatic carbocycles. The average molecular weight is 221 g/mol. The lowest BCUT2D eigenvalue weighted by Crippen LogP contribution is -2.02. The van der Waals surface area contributed by atoms with Crippen molar-refractivity contribution < 1.29 is 4.39 Å². The van der Waals surface area contributed by atoms with Crippen LogP contribution in [0.4, 0.5) is 4.39 Å². The number of hydrogen-bond acceptors (Lipinski definition) is 2. The molecule has 0 aliphatic carbocycles. The zero-order chi connectivity index (χ0) is 11.5. The van der Waals surface area contributed by atoms with Gasteiger partial charge >= 0.3 is 0 Å². The molecule has 2 aromatic rings. The molecule has 0 aliphatic heterocycles. The summed E-state index contributed by atoms with van der Waals surface area (Å²) in [7, 11) is 0. The highest BCUT2D eigenvalue weighted by Crippen LogP contribution is 2.16. The van der Waals surface area contributed by atoms with Gasteiger partial charge in [0.2, 0.25) is 0 Å². The van der Waals surface area contributed by atoms with E-state index >= 15 is 0 Å². The molecule has 0 radical (unpaired) electrons. The largest absolute Gasteiger partial charge is 0.313 e. The molecule has 4 heteroatoms. The molecule has 2 heterocycles. The molecule has 2 rings (SSSR count). The summed E-state index contributed by atoms with van der Waals surface area (Å²) in [5, 5.41) is 0. The Morgan fingerprint density at radius 2 is 2.19 bits per heavy atom. The van der Waals surface area contributed by atoms with Crippen LogP contribution in [0.5, 0.6) is 0 Å². The minimum absolute atomic E-state index is 0.324. The van der Waals surface area contributed by atoms with Crippen LogP contribution < -0.4 is 0 Å². The molecule has 0 spiro atoms. The summed E-state index contributed by atoms with van der Waals surface area (Å²) in [5.74, 6) is 0.688. The van der Waals surface area contributed by atoms with Crippen molar-refractivity contribution in [1.82, 2.24) is 14.5 Å². The van der Waals surface area contributed by atoms with Gasteiger partial charge in [-0.05, 0) is 13.3 Å². The highest BCUT2D eigenvalue weighted by atomic mass is 19.1. The number of hydrogen-bond donors (Lipinski definition) is 0. The molecule has 0 saturated carbocycles. The maximum absolute atomic E-state index is 13.0. The Kier molecular flexibility index (Phi) is 3.17. The van der Waals surface area contributed by atoms with Crippen LogP contribution in [0.2, 0.25) is 0 Å². The third-order valence-corrected chi connectivity index (χ3v) is 2.70. The second kappa shape index (κ2) is 4.60. The Morgan fingerprint density at radius 1 is 1.38 bits per heavy atom. The smallest absolute Gasteiger partial charge is 0.160 e. The van der Waals surface area contributed by atoms with E-state index in [2.05, 4.69) is 28.4 Å². The highest BCUT2D eigenvalue weighted by molar-refractivity contribution is 5.71. The molecule has 0 amide bonds. The average Bonchev–Trinajstić information content (AvgIpc) is 2.62. The van der Waals surface area contributed by atoms with E-state index in [1.807, 2.05) is 0 Å². The van der Waals surface area contributed by atoms with Crippen molar-refractivity contribution in [3.8, 4) is 0 Å². The molecule has 0 unspecified atom stereocenters. The summed E-state index contributed by atoms with van der Waals surface area (Å²) in [6, 6.07) is 1.45. The number of imidazole rings is 1. The van der Waals surface area contributed by atoms with Gasteiger partial charge in [-0.2, -0.15) is 0 Å². The van der Waals surface area contributed by atoms with Crippen LogP contribution in [0.15, 0.2) is 12.3 Å².